The molecule has 0 atom stereocenters. The average molecular weight is 560 g/mol. The number of rotatable bonds is 5. The Kier molecular flexibility index (Phi) is 7.35. The van der Waals surface area contributed by atoms with Crippen LogP contribution >= 0.6 is 11.6 Å². The Morgan fingerprint density at radius 3 is 2.31 bits per heavy atom. The number of carbonyl (C=O) groups excluding carboxylic acids is 1. The number of alkyl halides is 3. The molecule has 1 aliphatic rings. The molecule has 0 unspecified atom stereocenters. The third-order valence-electron chi connectivity index (χ3n) is 6.88. The van der Waals surface area contributed by atoms with E-state index in [4.69, 9.17) is 11.6 Å². The minimum absolute atomic E-state index is 0.0549. The fourth-order valence-corrected chi connectivity index (χ4v) is 4.86. The second-order valence-electron chi connectivity index (χ2n) is 9.90. The van der Waals surface area contributed by atoms with Gasteiger partial charge >= 0.3 is 6.18 Å². The van der Waals surface area contributed by atoms with Crippen LogP contribution in [0.1, 0.15) is 47.1 Å². The highest BCUT2D eigenvalue weighted by Gasteiger charge is 2.36. The number of nitrogens with zero attached hydrogens (tertiary/aromatic N) is 5. The maximum atomic E-state index is 14.0. The van der Waals surface area contributed by atoms with Crippen LogP contribution < -0.4 is 0 Å². The Morgan fingerprint density at radius 1 is 1.00 bits per heavy atom. The third kappa shape index (κ3) is 5.77. The van der Waals surface area contributed by atoms with E-state index in [1.165, 1.54) is 18.2 Å². The van der Waals surface area contributed by atoms with Crippen LogP contribution in [0.3, 0.4) is 0 Å². The summed E-state index contributed by atoms with van der Waals surface area (Å²) in [4.78, 5) is 21.2. The van der Waals surface area contributed by atoms with Crippen LogP contribution in [0.15, 0.2) is 54.6 Å². The second-order valence-corrected chi connectivity index (χ2v) is 10.3. The number of piperazine rings is 1. The molecular formula is C28H26ClF4N5O. The molecule has 0 spiro atoms. The molecule has 1 aliphatic heterocycles. The van der Waals surface area contributed by atoms with Gasteiger partial charge in [0.05, 0.1) is 5.69 Å². The first-order valence-electron chi connectivity index (χ1n) is 12.5. The zero-order valence-corrected chi connectivity index (χ0v) is 22.1. The van der Waals surface area contributed by atoms with Crippen LogP contribution in [0.25, 0.3) is 16.9 Å². The maximum absolute atomic E-state index is 14.0. The van der Waals surface area contributed by atoms with Gasteiger partial charge in [0, 0.05) is 49.4 Å². The van der Waals surface area contributed by atoms with E-state index in [9.17, 15) is 22.4 Å². The van der Waals surface area contributed by atoms with E-state index in [0.29, 0.717) is 47.8 Å². The van der Waals surface area contributed by atoms with E-state index < -0.39 is 23.6 Å². The van der Waals surface area contributed by atoms with Gasteiger partial charge in [0.15, 0.2) is 17.0 Å². The number of carbonyl (C=O) groups is 1. The Balaban J connectivity index is 1.36. The van der Waals surface area contributed by atoms with Crippen molar-refractivity contribution in [1.82, 2.24) is 24.4 Å². The highest BCUT2D eigenvalue weighted by atomic mass is 35.5. The largest absolute Gasteiger partial charge is 0.433 e. The van der Waals surface area contributed by atoms with Gasteiger partial charge in [0.25, 0.3) is 5.91 Å². The molecule has 2 aromatic carbocycles. The van der Waals surface area contributed by atoms with Crippen molar-refractivity contribution in [3.05, 3.63) is 88.0 Å². The van der Waals surface area contributed by atoms with Gasteiger partial charge in [0.1, 0.15) is 5.82 Å². The van der Waals surface area contributed by atoms with E-state index in [1.54, 1.807) is 23.1 Å². The Hall–Kier alpha value is -3.50. The smallest absolute Gasteiger partial charge is 0.335 e. The first-order chi connectivity index (χ1) is 18.5. The van der Waals surface area contributed by atoms with Gasteiger partial charge in [-0.2, -0.15) is 18.3 Å². The Bertz CT molecular complexity index is 1510. The molecule has 4 aromatic rings. The van der Waals surface area contributed by atoms with E-state index >= 15 is 0 Å². The van der Waals surface area contributed by atoms with Gasteiger partial charge in [-0.25, -0.2) is 13.9 Å². The number of hydrogen-bond donors (Lipinski definition) is 0. The van der Waals surface area contributed by atoms with Crippen LogP contribution in [0.5, 0.6) is 0 Å². The van der Waals surface area contributed by atoms with E-state index in [0.717, 1.165) is 17.2 Å². The lowest BCUT2D eigenvalue weighted by Gasteiger charge is -2.34. The fraction of sp³-hybridized carbons (Fsp3) is 0.321. The lowest BCUT2D eigenvalue weighted by atomic mass is 10.0. The SMILES string of the molecule is CC(C)c1ccc(-c2cc(C(F)(F)F)n3nc(C(=O)N4CCN(Cc5ccc(F)cc5Cl)CC4)cc3n2)cc1. The monoisotopic (exact) mass is 559 g/mol. The molecule has 39 heavy (non-hydrogen) atoms. The Labute approximate surface area is 227 Å². The van der Waals surface area contributed by atoms with Crippen molar-refractivity contribution in [2.24, 2.45) is 0 Å². The van der Waals surface area contributed by atoms with Crippen LogP contribution in [-0.4, -0.2) is 56.5 Å². The first-order valence-corrected chi connectivity index (χ1v) is 12.9. The van der Waals surface area contributed by atoms with Crippen molar-refractivity contribution in [3.8, 4) is 11.3 Å². The standard InChI is InChI=1S/C28H26ClF4N5O/c1-17(2)18-3-5-19(6-4-18)23-14-25(28(31,32)33)38-26(34-23)15-24(35-38)27(39)37-11-9-36(10-12-37)16-20-7-8-21(30)13-22(20)29/h3-8,13-15,17H,9-12,16H2,1-2H3. The normalized spacial score (nSPS) is 14.9. The molecule has 0 bridgehead atoms. The quantitative estimate of drug-likeness (QED) is 0.270. The molecule has 1 amide bonds. The Morgan fingerprint density at radius 2 is 1.69 bits per heavy atom. The summed E-state index contributed by atoms with van der Waals surface area (Å²) in [7, 11) is 0. The number of halogens is 5. The van der Waals surface area contributed by atoms with Crippen LogP contribution in [0.4, 0.5) is 17.6 Å². The number of fused-ring (bicyclic) bond motifs is 1. The fourth-order valence-electron chi connectivity index (χ4n) is 4.63. The predicted molar refractivity (Wildman–Crippen MR) is 140 cm³/mol. The second kappa shape index (κ2) is 10.6. The van der Waals surface area contributed by atoms with Crippen molar-refractivity contribution < 1.29 is 22.4 Å². The predicted octanol–water partition coefficient (Wildman–Crippen LogP) is 6.29. The zero-order chi connectivity index (χ0) is 27.9. The summed E-state index contributed by atoms with van der Waals surface area (Å²) in [6.45, 7) is 6.33. The lowest BCUT2D eigenvalue weighted by molar-refractivity contribution is -0.142. The summed E-state index contributed by atoms with van der Waals surface area (Å²) in [5.41, 5.74) is 1.37. The molecule has 0 radical (unpaired) electrons. The van der Waals surface area contributed by atoms with E-state index in [2.05, 4.69) is 15.0 Å². The minimum Gasteiger partial charge on any atom is -0.335 e. The average Bonchev–Trinajstić information content (AvgIpc) is 3.33. The molecular weight excluding hydrogens is 534 g/mol. The van der Waals surface area contributed by atoms with E-state index in [1.807, 2.05) is 26.0 Å². The highest BCUT2D eigenvalue weighted by molar-refractivity contribution is 6.31. The van der Waals surface area contributed by atoms with Crippen LogP contribution in [0.2, 0.25) is 5.02 Å². The molecule has 1 fully saturated rings. The van der Waals surface area contributed by atoms with Crippen molar-refractivity contribution >= 4 is 23.2 Å². The number of amides is 1. The van der Waals surface area contributed by atoms with Crippen molar-refractivity contribution in [3.63, 3.8) is 0 Å². The van der Waals surface area contributed by atoms with Gasteiger partial charge in [-0.05, 0) is 35.2 Å². The van der Waals surface area contributed by atoms with Crippen LogP contribution in [-0.2, 0) is 12.7 Å². The molecule has 0 aliphatic carbocycles. The van der Waals surface area contributed by atoms with Crippen molar-refractivity contribution in [2.75, 3.05) is 26.2 Å². The van der Waals surface area contributed by atoms with Gasteiger partial charge in [-0.1, -0.05) is 55.8 Å². The van der Waals surface area contributed by atoms with Crippen molar-refractivity contribution in [1.29, 1.82) is 0 Å². The summed E-state index contributed by atoms with van der Waals surface area (Å²) in [6, 6.07) is 13.7. The van der Waals surface area contributed by atoms with Gasteiger partial charge in [0.2, 0.25) is 0 Å². The third-order valence-corrected chi connectivity index (χ3v) is 7.23. The number of aromatic nitrogens is 3. The minimum atomic E-state index is -4.70. The molecule has 11 heteroatoms. The molecule has 6 nitrogen and oxygen atoms in total. The van der Waals surface area contributed by atoms with Gasteiger partial charge in [-0.15, -0.1) is 0 Å². The van der Waals surface area contributed by atoms with Gasteiger partial charge < -0.3 is 4.90 Å². The molecule has 0 N–H and O–H groups in total. The summed E-state index contributed by atoms with van der Waals surface area (Å²) >= 11 is 6.13. The topological polar surface area (TPSA) is 53.7 Å². The maximum Gasteiger partial charge on any atom is 0.433 e. The number of hydrogen-bond acceptors (Lipinski definition) is 4. The molecule has 1 saturated heterocycles. The molecule has 0 saturated carbocycles. The molecule has 5 rings (SSSR count). The lowest BCUT2D eigenvalue weighted by Crippen LogP contribution is -2.48. The molecule has 204 valence electrons. The summed E-state index contributed by atoms with van der Waals surface area (Å²) in [5.74, 6) is -0.590. The summed E-state index contributed by atoms with van der Waals surface area (Å²) < 4.78 is 56.0. The highest BCUT2D eigenvalue weighted by Crippen LogP contribution is 2.33. The van der Waals surface area contributed by atoms with E-state index in [-0.39, 0.29) is 23.0 Å². The first kappa shape index (κ1) is 27.1. The zero-order valence-electron chi connectivity index (χ0n) is 21.3. The number of benzene rings is 2. The van der Waals surface area contributed by atoms with Crippen molar-refractivity contribution in [2.45, 2.75) is 32.5 Å². The summed E-state index contributed by atoms with van der Waals surface area (Å²) in [6.07, 6.45) is -4.70. The molecule has 3 heterocycles. The van der Waals surface area contributed by atoms with Gasteiger partial charge in [-0.3, -0.25) is 9.69 Å². The summed E-state index contributed by atoms with van der Waals surface area (Å²) in [5, 5.41) is 4.34. The van der Waals surface area contributed by atoms with Crippen LogP contribution in [0, 0.1) is 5.82 Å². The molecule has 2 aromatic heterocycles.